The zero-order valence-electron chi connectivity index (χ0n) is 18.2. The summed E-state index contributed by atoms with van der Waals surface area (Å²) in [6.45, 7) is 9.94. The second kappa shape index (κ2) is 18.2. The first-order valence-electron chi connectivity index (χ1n) is 9.92. The van der Waals surface area contributed by atoms with Crippen molar-refractivity contribution in [1.29, 1.82) is 0 Å². The summed E-state index contributed by atoms with van der Waals surface area (Å²) >= 11 is 0. The largest absolute Gasteiger partial charge is 0.493 e. The first kappa shape index (κ1) is 29.3. The van der Waals surface area contributed by atoms with Gasteiger partial charge in [-0.3, -0.25) is 0 Å². The molecule has 5 nitrogen and oxygen atoms in total. The van der Waals surface area contributed by atoms with Crippen LogP contribution in [-0.4, -0.2) is 52.4 Å². The summed E-state index contributed by atoms with van der Waals surface area (Å²) < 4.78 is 16.2. The van der Waals surface area contributed by atoms with Crippen molar-refractivity contribution in [3.05, 3.63) is 17.7 Å². The number of ether oxygens (including phenoxy) is 3. The van der Waals surface area contributed by atoms with Crippen molar-refractivity contribution in [1.82, 2.24) is 10.2 Å². The maximum absolute atomic E-state index is 5.41. The number of benzene rings is 1. The number of methoxy groups -OCH3 is 3. The Morgan fingerprint density at radius 2 is 1.29 bits per heavy atom. The van der Waals surface area contributed by atoms with E-state index < -0.39 is 0 Å². The maximum atomic E-state index is 5.41. The molecule has 0 aliphatic carbocycles. The van der Waals surface area contributed by atoms with Crippen LogP contribution in [0.25, 0.3) is 0 Å². The van der Waals surface area contributed by atoms with Crippen molar-refractivity contribution in [2.75, 3.05) is 47.5 Å². The maximum Gasteiger partial charge on any atom is 0.203 e. The Morgan fingerprint density at radius 3 is 1.71 bits per heavy atom. The number of nitrogens with one attached hydrogen (secondary N) is 1. The molecule has 0 amide bonds. The van der Waals surface area contributed by atoms with Crippen molar-refractivity contribution in [3.8, 4) is 17.2 Å². The molecule has 0 heterocycles. The molecule has 0 aliphatic rings. The van der Waals surface area contributed by atoms with Gasteiger partial charge in [0.1, 0.15) is 0 Å². The van der Waals surface area contributed by atoms with Gasteiger partial charge in [0.2, 0.25) is 5.75 Å². The highest BCUT2D eigenvalue weighted by Crippen LogP contribution is 2.38. The number of rotatable bonds is 15. The van der Waals surface area contributed by atoms with E-state index in [1.165, 1.54) is 45.3 Å². The molecule has 0 atom stereocenters. The quantitative estimate of drug-likeness (QED) is 0.392. The van der Waals surface area contributed by atoms with Gasteiger partial charge in [-0.2, -0.15) is 0 Å². The lowest BCUT2D eigenvalue weighted by Crippen LogP contribution is -2.29. The Labute approximate surface area is 184 Å². The van der Waals surface area contributed by atoms with Gasteiger partial charge in [0, 0.05) is 6.54 Å². The predicted octanol–water partition coefficient (Wildman–Crippen LogP) is 4.94. The molecule has 0 saturated carbocycles. The molecular formula is C21H40Cl2N2O3. The van der Waals surface area contributed by atoms with Gasteiger partial charge in [0.05, 0.1) is 21.3 Å². The second-order valence-electron chi connectivity index (χ2n) is 6.61. The molecule has 0 aromatic heterocycles. The van der Waals surface area contributed by atoms with Crippen LogP contribution in [0.2, 0.25) is 0 Å². The van der Waals surface area contributed by atoms with Crippen LogP contribution < -0.4 is 19.5 Å². The summed E-state index contributed by atoms with van der Waals surface area (Å²) in [5.41, 5.74) is 1.13. The van der Waals surface area contributed by atoms with Gasteiger partial charge in [0.25, 0.3) is 0 Å². The molecule has 166 valence electrons. The first-order valence-corrected chi connectivity index (χ1v) is 9.92. The van der Waals surface area contributed by atoms with E-state index in [1.54, 1.807) is 21.3 Å². The van der Waals surface area contributed by atoms with E-state index in [0.717, 1.165) is 25.1 Å². The summed E-state index contributed by atoms with van der Waals surface area (Å²) in [6.07, 6.45) is 6.28. The number of unbranched alkanes of at least 4 members (excludes halogenated alkanes) is 2. The van der Waals surface area contributed by atoms with Gasteiger partial charge in [-0.05, 0) is 63.1 Å². The monoisotopic (exact) mass is 438 g/mol. The average molecular weight is 439 g/mol. The van der Waals surface area contributed by atoms with Crippen molar-refractivity contribution < 1.29 is 14.2 Å². The van der Waals surface area contributed by atoms with E-state index in [0.29, 0.717) is 17.2 Å². The molecule has 0 fully saturated rings. The first-order chi connectivity index (χ1) is 12.7. The third kappa shape index (κ3) is 10.6. The fraction of sp³-hybridized carbons (Fsp3) is 0.714. The molecule has 28 heavy (non-hydrogen) atoms. The van der Waals surface area contributed by atoms with Crippen molar-refractivity contribution >= 4 is 24.8 Å². The van der Waals surface area contributed by atoms with E-state index in [2.05, 4.69) is 24.1 Å². The Bertz CT molecular complexity index is 472. The molecule has 7 heteroatoms. The predicted molar refractivity (Wildman–Crippen MR) is 123 cm³/mol. The van der Waals surface area contributed by atoms with Crippen LogP contribution in [0.4, 0.5) is 0 Å². The summed E-state index contributed by atoms with van der Waals surface area (Å²) in [4.78, 5) is 2.61. The van der Waals surface area contributed by atoms with Gasteiger partial charge in [-0.1, -0.05) is 26.7 Å². The van der Waals surface area contributed by atoms with E-state index in [1.807, 2.05) is 12.1 Å². The van der Waals surface area contributed by atoms with E-state index in [-0.39, 0.29) is 24.8 Å². The number of hydrogen-bond acceptors (Lipinski definition) is 5. The summed E-state index contributed by atoms with van der Waals surface area (Å²) in [6, 6.07) is 4.01. The molecule has 1 N–H and O–H groups in total. The van der Waals surface area contributed by atoms with Gasteiger partial charge in [0.15, 0.2) is 11.5 Å². The highest BCUT2D eigenvalue weighted by atomic mass is 35.5. The Balaban J connectivity index is 0. The fourth-order valence-electron chi connectivity index (χ4n) is 3.00. The lowest BCUT2D eigenvalue weighted by molar-refractivity contribution is 0.261. The summed E-state index contributed by atoms with van der Waals surface area (Å²) in [7, 11) is 4.92. The normalized spacial score (nSPS) is 10.2. The van der Waals surface area contributed by atoms with Crippen LogP contribution in [0.15, 0.2) is 12.1 Å². The zero-order chi connectivity index (χ0) is 19.2. The second-order valence-corrected chi connectivity index (χ2v) is 6.61. The smallest absolute Gasteiger partial charge is 0.203 e. The van der Waals surface area contributed by atoms with Crippen LogP contribution in [0.3, 0.4) is 0 Å². The van der Waals surface area contributed by atoms with E-state index >= 15 is 0 Å². The molecule has 1 aromatic carbocycles. The average Bonchev–Trinajstić information content (AvgIpc) is 2.68. The van der Waals surface area contributed by atoms with Crippen molar-refractivity contribution in [2.45, 2.75) is 52.5 Å². The molecule has 0 bridgehead atoms. The minimum Gasteiger partial charge on any atom is -0.493 e. The van der Waals surface area contributed by atoms with Gasteiger partial charge >= 0.3 is 0 Å². The lowest BCUT2D eigenvalue weighted by atomic mass is 10.1. The molecule has 0 spiro atoms. The summed E-state index contributed by atoms with van der Waals surface area (Å²) in [5.74, 6) is 2.05. The molecule has 0 radical (unpaired) electrons. The minimum atomic E-state index is 0. The third-order valence-corrected chi connectivity index (χ3v) is 4.54. The van der Waals surface area contributed by atoms with Crippen LogP contribution >= 0.6 is 24.8 Å². The van der Waals surface area contributed by atoms with E-state index in [9.17, 15) is 0 Å². The molecule has 1 aromatic rings. The topological polar surface area (TPSA) is 43.0 Å². The molecule has 0 aliphatic heterocycles. The van der Waals surface area contributed by atoms with Gasteiger partial charge in [-0.25, -0.2) is 0 Å². The Morgan fingerprint density at radius 1 is 0.786 bits per heavy atom. The highest BCUT2D eigenvalue weighted by Gasteiger charge is 2.12. The van der Waals surface area contributed by atoms with Crippen LogP contribution in [0.1, 0.15) is 51.5 Å². The lowest BCUT2D eigenvalue weighted by Gasteiger charge is -2.22. The fourth-order valence-corrected chi connectivity index (χ4v) is 3.00. The SMILES string of the molecule is CCCCN(CCCC)CCCNCc1cc(OC)c(OC)c(OC)c1.Cl.Cl. The molecular weight excluding hydrogens is 399 g/mol. The van der Waals surface area contributed by atoms with Crippen molar-refractivity contribution in [2.24, 2.45) is 0 Å². The Kier molecular flexibility index (Phi) is 19.0. The van der Waals surface area contributed by atoms with Crippen LogP contribution in [-0.2, 0) is 6.54 Å². The molecule has 0 unspecified atom stereocenters. The van der Waals surface area contributed by atoms with Gasteiger partial charge < -0.3 is 24.4 Å². The molecule has 0 saturated heterocycles. The Hall–Kier alpha value is -0.880. The third-order valence-electron chi connectivity index (χ3n) is 4.54. The number of nitrogens with zero attached hydrogens (tertiary/aromatic N) is 1. The van der Waals surface area contributed by atoms with Crippen molar-refractivity contribution in [3.63, 3.8) is 0 Å². The van der Waals surface area contributed by atoms with E-state index in [4.69, 9.17) is 14.2 Å². The number of halogens is 2. The minimum absolute atomic E-state index is 0. The highest BCUT2D eigenvalue weighted by molar-refractivity contribution is 5.85. The van der Waals surface area contributed by atoms with Crippen LogP contribution in [0.5, 0.6) is 17.2 Å². The standard InChI is InChI=1S/C21H38N2O3.2ClH/c1-6-8-12-23(13-9-7-2)14-10-11-22-17-18-15-19(24-3)21(26-5)20(16-18)25-4;;/h15-16,22H,6-14,17H2,1-5H3;2*1H. The summed E-state index contributed by atoms with van der Waals surface area (Å²) in [5, 5.41) is 3.53. The molecule has 1 rings (SSSR count). The van der Waals surface area contributed by atoms with Gasteiger partial charge in [-0.15, -0.1) is 24.8 Å². The zero-order valence-corrected chi connectivity index (χ0v) is 19.8. The van der Waals surface area contributed by atoms with Crippen LogP contribution in [0, 0.1) is 0 Å². The number of hydrogen-bond donors (Lipinski definition) is 1.